The zero-order chi connectivity index (χ0) is 15.5. The molecule has 0 spiro atoms. The second kappa shape index (κ2) is 6.23. The summed E-state index contributed by atoms with van der Waals surface area (Å²) in [6, 6.07) is 3.85. The third kappa shape index (κ3) is 2.99. The van der Waals surface area contributed by atoms with Crippen LogP contribution in [0, 0.1) is 0 Å². The lowest BCUT2D eigenvalue weighted by atomic mass is 10.1. The molecule has 0 unspecified atom stereocenters. The molecule has 0 saturated carbocycles. The molecule has 7 nitrogen and oxygen atoms in total. The molecule has 3 heterocycles. The minimum absolute atomic E-state index is 0.128. The van der Waals surface area contributed by atoms with Crippen molar-refractivity contribution >= 4 is 11.7 Å². The summed E-state index contributed by atoms with van der Waals surface area (Å²) in [5, 5.41) is 3.01. The van der Waals surface area contributed by atoms with Crippen molar-refractivity contribution in [3.63, 3.8) is 0 Å². The Bertz CT molecular complexity index is 582. The summed E-state index contributed by atoms with van der Waals surface area (Å²) in [6.07, 6.45) is 2.46. The van der Waals surface area contributed by atoms with Crippen molar-refractivity contribution in [3.05, 3.63) is 35.9 Å². The number of piperazine rings is 1. The molecule has 1 amide bonds. The van der Waals surface area contributed by atoms with Crippen LogP contribution in [0.5, 0.6) is 0 Å². The predicted molar refractivity (Wildman–Crippen MR) is 80.7 cm³/mol. The fourth-order valence-corrected chi connectivity index (χ4v) is 2.55. The van der Waals surface area contributed by atoms with Crippen LogP contribution >= 0.6 is 0 Å². The zero-order valence-electron chi connectivity index (χ0n) is 12.8. The molecule has 1 aromatic rings. The summed E-state index contributed by atoms with van der Waals surface area (Å²) in [6.45, 7) is 2.56. The molecule has 0 aromatic carbocycles. The van der Waals surface area contributed by atoms with Gasteiger partial charge in [-0.3, -0.25) is 9.69 Å². The Kier molecular flexibility index (Phi) is 4.15. The van der Waals surface area contributed by atoms with Gasteiger partial charge in [-0.05, 0) is 13.1 Å². The molecule has 22 heavy (non-hydrogen) atoms. The second-order valence-corrected chi connectivity index (χ2v) is 5.42. The maximum absolute atomic E-state index is 12.1. The van der Waals surface area contributed by atoms with Crippen molar-refractivity contribution < 1.29 is 14.3 Å². The molecule has 1 aromatic heterocycles. The lowest BCUT2D eigenvalue weighted by Gasteiger charge is -2.32. The van der Waals surface area contributed by atoms with Crippen molar-refractivity contribution in [3.8, 4) is 0 Å². The van der Waals surface area contributed by atoms with Crippen LogP contribution in [0.25, 0.3) is 0 Å². The number of likely N-dealkylation sites (N-methyl/N-ethyl adjacent to an activating group) is 1. The van der Waals surface area contributed by atoms with E-state index in [9.17, 15) is 4.79 Å². The van der Waals surface area contributed by atoms with Crippen LogP contribution in [0.1, 0.15) is 17.5 Å². The first-order valence-corrected chi connectivity index (χ1v) is 7.27. The van der Waals surface area contributed by atoms with E-state index in [0.29, 0.717) is 25.3 Å². The van der Waals surface area contributed by atoms with Crippen molar-refractivity contribution in [2.75, 3.05) is 39.0 Å². The molecular weight excluding hydrogens is 284 g/mol. The lowest BCUT2D eigenvalue weighted by Crippen LogP contribution is -2.48. The van der Waals surface area contributed by atoms with Crippen molar-refractivity contribution in [1.29, 1.82) is 0 Å². The van der Waals surface area contributed by atoms with Crippen LogP contribution in [0.3, 0.4) is 0 Å². The molecule has 2 aliphatic heterocycles. The molecule has 2 aliphatic rings. The molecule has 3 rings (SSSR count). The van der Waals surface area contributed by atoms with Crippen molar-refractivity contribution in [2.45, 2.75) is 12.8 Å². The highest BCUT2D eigenvalue weighted by molar-refractivity contribution is 5.79. The van der Waals surface area contributed by atoms with E-state index in [-0.39, 0.29) is 5.91 Å². The summed E-state index contributed by atoms with van der Waals surface area (Å²) in [4.78, 5) is 20.5. The van der Waals surface area contributed by atoms with Gasteiger partial charge in [0.05, 0.1) is 6.54 Å². The minimum Gasteiger partial charge on any atom is -0.454 e. The van der Waals surface area contributed by atoms with Gasteiger partial charge in [0.2, 0.25) is 5.91 Å². The summed E-state index contributed by atoms with van der Waals surface area (Å²) in [5.41, 5.74) is 1.63. The van der Waals surface area contributed by atoms with E-state index in [2.05, 4.69) is 10.3 Å². The Morgan fingerprint density at radius 3 is 2.77 bits per heavy atom. The summed E-state index contributed by atoms with van der Waals surface area (Å²) < 4.78 is 10.8. The first-order chi connectivity index (χ1) is 10.7. The van der Waals surface area contributed by atoms with Crippen molar-refractivity contribution in [2.24, 2.45) is 0 Å². The van der Waals surface area contributed by atoms with E-state index in [1.165, 1.54) is 12.5 Å². The number of rotatable bonds is 4. The minimum atomic E-state index is -0.550. The van der Waals surface area contributed by atoms with E-state index in [0.717, 1.165) is 17.9 Å². The van der Waals surface area contributed by atoms with Crippen LogP contribution in [-0.4, -0.2) is 54.4 Å². The molecular formula is C15H20N4O3. The predicted octanol–water partition coefficient (Wildman–Crippen LogP) is 0.914. The first-order valence-electron chi connectivity index (χ1n) is 7.27. The molecule has 1 fully saturated rings. The lowest BCUT2D eigenvalue weighted by molar-refractivity contribution is -0.136. The standard InChI is InChI=1S/C15H20N4O3/c1-16-12-4-3-11(14(17-12)15-21-7-8-22-15)9-19-6-5-18(2)10-13(19)20/h3-4,7-8,15H,5-6,9-10H2,1-2H3,(H,16,17). The number of carbonyl (C=O) groups is 1. The Morgan fingerprint density at radius 1 is 1.32 bits per heavy atom. The fraction of sp³-hybridized carbons (Fsp3) is 0.467. The van der Waals surface area contributed by atoms with Gasteiger partial charge in [0.1, 0.15) is 24.0 Å². The molecule has 0 bridgehead atoms. The first kappa shape index (κ1) is 14.6. The van der Waals surface area contributed by atoms with Crippen molar-refractivity contribution in [1.82, 2.24) is 14.8 Å². The highest BCUT2D eigenvalue weighted by Crippen LogP contribution is 2.27. The van der Waals surface area contributed by atoms with Gasteiger partial charge in [-0.2, -0.15) is 0 Å². The highest BCUT2D eigenvalue weighted by atomic mass is 16.7. The Labute approximate surface area is 129 Å². The molecule has 0 radical (unpaired) electrons. The van der Waals surface area contributed by atoms with E-state index in [1.807, 2.05) is 36.0 Å². The fourth-order valence-electron chi connectivity index (χ4n) is 2.55. The average molecular weight is 304 g/mol. The SMILES string of the molecule is CNc1ccc(CN2CCN(C)CC2=O)c(C2OC=CO2)n1. The molecule has 0 aliphatic carbocycles. The van der Waals surface area contributed by atoms with Crippen LogP contribution in [0.4, 0.5) is 5.82 Å². The van der Waals surface area contributed by atoms with Crippen LogP contribution < -0.4 is 5.32 Å². The zero-order valence-corrected chi connectivity index (χ0v) is 12.8. The molecule has 0 atom stereocenters. The number of carbonyl (C=O) groups excluding carboxylic acids is 1. The topological polar surface area (TPSA) is 66.9 Å². The Hall–Kier alpha value is -2.28. The van der Waals surface area contributed by atoms with Gasteiger partial charge in [0, 0.05) is 32.2 Å². The van der Waals surface area contributed by atoms with Crippen LogP contribution in [0.15, 0.2) is 24.7 Å². The number of hydrogen-bond acceptors (Lipinski definition) is 6. The van der Waals surface area contributed by atoms with Gasteiger partial charge in [-0.25, -0.2) is 4.98 Å². The van der Waals surface area contributed by atoms with E-state index in [4.69, 9.17) is 9.47 Å². The highest BCUT2D eigenvalue weighted by Gasteiger charge is 2.26. The number of pyridine rings is 1. The van der Waals surface area contributed by atoms with E-state index < -0.39 is 6.29 Å². The number of amides is 1. The number of hydrogen-bond donors (Lipinski definition) is 1. The maximum Gasteiger partial charge on any atom is 0.283 e. The third-order valence-electron chi connectivity index (χ3n) is 3.82. The summed E-state index contributed by atoms with van der Waals surface area (Å²) in [7, 11) is 3.76. The van der Waals surface area contributed by atoms with E-state index in [1.54, 1.807) is 0 Å². The molecule has 1 saturated heterocycles. The molecule has 1 N–H and O–H groups in total. The summed E-state index contributed by atoms with van der Waals surface area (Å²) >= 11 is 0. The monoisotopic (exact) mass is 304 g/mol. The number of nitrogens with one attached hydrogen (secondary N) is 1. The van der Waals surface area contributed by atoms with Gasteiger partial charge in [0.25, 0.3) is 6.29 Å². The summed E-state index contributed by atoms with van der Waals surface area (Å²) in [5.74, 6) is 0.867. The number of anilines is 1. The molecule has 118 valence electrons. The van der Waals surface area contributed by atoms with Gasteiger partial charge in [-0.15, -0.1) is 0 Å². The third-order valence-corrected chi connectivity index (χ3v) is 3.82. The quantitative estimate of drug-likeness (QED) is 0.892. The van der Waals surface area contributed by atoms with Gasteiger partial charge < -0.3 is 19.7 Å². The number of ether oxygens (including phenoxy) is 2. The normalized spacial score (nSPS) is 19.2. The van der Waals surface area contributed by atoms with Gasteiger partial charge >= 0.3 is 0 Å². The average Bonchev–Trinajstić information content (AvgIpc) is 3.04. The van der Waals surface area contributed by atoms with Crippen LogP contribution in [-0.2, 0) is 20.8 Å². The number of aromatic nitrogens is 1. The Morgan fingerprint density at radius 2 is 2.09 bits per heavy atom. The second-order valence-electron chi connectivity index (χ2n) is 5.42. The van der Waals surface area contributed by atoms with Crippen LogP contribution in [0.2, 0.25) is 0 Å². The smallest absolute Gasteiger partial charge is 0.283 e. The molecule has 7 heteroatoms. The Balaban J connectivity index is 1.81. The van der Waals surface area contributed by atoms with E-state index >= 15 is 0 Å². The largest absolute Gasteiger partial charge is 0.454 e. The maximum atomic E-state index is 12.1. The van der Waals surface area contributed by atoms with Gasteiger partial charge in [0.15, 0.2) is 0 Å². The number of nitrogens with zero attached hydrogens (tertiary/aromatic N) is 3. The van der Waals surface area contributed by atoms with Gasteiger partial charge in [-0.1, -0.05) is 6.07 Å².